The van der Waals surface area contributed by atoms with Crippen molar-refractivity contribution in [1.29, 1.82) is 0 Å². The van der Waals surface area contributed by atoms with Crippen LogP contribution in [0.15, 0.2) is 23.1 Å². The number of halogens is 1. The van der Waals surface area contributed by atoms with Crippen LogP contribution in [0.4, 0.5) is 0 Å². The molecule has 1 aromatic carbocycles. The van der Waals surface area contributed by atoms with E-state index in [-0.39, 0.29) is 6.04 Å². The van der Waals surface area contributed by atoms with Crippen LogP contribution >= 0.6 is 11.6 Å². The lowest BCUT2D eigenvalue weighted by Gasteiger charge is -2.16. The standard InChI is InChI=1S/C9H8ClNO2S/c10-7-1-2-9-6(3-7)4-8-5-11(8)14(9,12)13/h1-3,8H,4-5H2. The summed E-state index contributed by atoms with van der Waals surface area (Å²) in [5.41, 5.74) is 0.858. The van der Waals surface area contributed by atoms with Gasteiger partial charge in [0, 0.05) is 17.6 Å². The number of rotatable bonds is 0. The van der Waals surface area contributed by atoms with Crippen molar-refractivity contribution in [3.63, 3.8) is 0 Å². The molecule has 2 unspecified atom stereocenters. The van der Waals surface area contributed by atoms with E-state index in [9.17, 15) is 8.42 Å². The maximum atomic E-state index is 11.8. The van der Waals surface area contributed by atoms with Gasteiger partial charge in [0.05, 0.1) is 4.90 Å². The van der Waals surface area contributed by atoms with E-state index >= 15 is 0 Å². The minimum Gasteiger partial charge on any atom is -0.207 e. The smallest absolute Gasteiger partial charge is 0.207 e. The Labute approximate surface area is 87.3 Å². The predicted molar refractivity (Wildman–Crippen MR) is 52.8 cm³/mol. The Balaban J connectivity index is 2.27. The second-order valence-corrected chi connectivity index (χ2v) is 5.98. The molecule has 2 atom stereocenters. The van der Waals surface area contributed by atoms with Crippen LogP contribution in [0, 0.1) is 0 Å². The lowest BCUT2D eigenvalue weighted by atomic mass is 10.1. The topological polar surface area (TPSA) is 37.1 Å². The van der Waals surface area contributed by atoms with Crippen molar-refractivity contribution in [2.75, 3.05) is 6.54 Å². The fourth-order valence-electron chi connectivity index (χ4n) is 1.96. The first-order valence-electron chi connectivity index (χ1n) is 4.39. The van der Waals surface area contributed by atoms with Crippen molar-refractivity contribution in [3.8, 4) is 0 Å². The molecule has 2 aliphatic heterocycles. The number of hydrogen-bond acceptors (Lipinski definition) is 2. The van der Waals surface area contributed by atoms with E-state index in [1.54, 1.807) is 18.2 Å². The zero-order chi connectivity index (χ0) is 9.92. The van der Waals surface area contributed by atoms with Crippen molar-refractivity contribution < 1.29 is 8.42 Å². The summed E-state index contributed by atoms with van der Waals surface area (Å²) in [5, 5.41) is 0.605. The van der Waals surface area contributed by atoms with Gasteiger partial charge in [-0.05, 0) is 30.2 Å². The Hall–Kier alpha value is -0.580. The van der Waals surface area contributed by atoms with E-state index in [1.165, 1.54) is 4.31 Å². The predicted octanol–water partition coefficient (Wildman–Crippen LogP) is 1.27. The highest BCUT2D eigenvalue weighted by Crippen LogP contribution is 2.38. The maximum absolute atomic E-state index is 11.8. The van der Waals surface area contributed by atoms with E-state index in [1.807, 2.05) is 0 Å². The zero-order valence-electron chi connectivity index (χ0n) is 7.27. The summed E-state index contributed by atoms with van der Waals surface area (Å²) in [5.74, 6) is 0. The summed E-state index contributed by atoms with van der Waals surface area (Å²) < 4.78 is 25.2. The van der Waals surface area contributed by atoms with E-state index < -0.39 is 10.0 Å². The summed E-state index contributed by atoms with van der Waals surface area (Å²) in [7, 11) is -3.19. The Morgan fingerprint density at radius 1 is 1.43 bits per heavy atom. The van der Waals surface area contributed by atoms with Crippen molar-refractivity contribution in [2.45, 2.75) is 17.4 Å². The summed E-state index contributed by atoms with van der Waals surface area (Å²) in [6, 6.07) is 5.17. The normalized spacial score (nSPS) is 31.8. The third-order valence-corrected chi connectivity index (χ3v) is 4.98. The second kappa shape index (κ2) is 2.51. The fraction of sp³-hybridized carbons (Fsp3) is 0.333. The average Bonchev–Trinajstić information content (AvgIpc) is 2.83. The number of hydrogen-bond donors (Lipinski definition) is 0. The van der Waals surface area contributed by atoms with Gasteiger partial charge in [-0.1, -0.05) is 11.6 Å². The number of fused-ring (bicyclic) bond motifs is 2. The molecule has 3 rings (SSSR count). The molecule has 74 valence electrons. The van der Waals surface area contributed by atoms with Crippen LogP contribution in [0.3, 0.4) is 0 Å². The first kappa shape index (κ1) is 8.71. The van der Waals surface area contributed by atoms with E-state index in [4.69, 9.17) is 11.6 Å². The van der Waals surface area contributed by atoms with Crippen LogP contribution < -0.4 is 0 Å². The monoisotopic (exact) mass is 229 g/mol. The van der Waals surface area contributed by atoms with Gasteiger partial charge >= 0.3 is 0 Å². The van der Waals surface area contributed by atoms with Crippen molar-refractivity contribution >= 4 is 21.6 Å². The Morgan fingerprint density at radius 2 is 2.21 bits per heavy atom. The highest BCUT2D eigenvalue weighted by atomic mass is 35.5. The van der Waals surface area contributed by atoms with Crippen LogP contribution in [0.25, 0.3) is 0 Å². The second-order valence-electron chi connectivity index (χ2n) is 3.68. The molecule has 0 N–H and O–H groups in total. The van der Waals surface area contributed by atoms with Gasteiger partial charge in [-0.25, -0.2) is 8.42 Å². The molecule has 0 aliphatic carbocycles. The first-order chi connectivity index (χ1) is 6.59. The molecular formula is C9H8ClNO2S. The summed E-state index contributed by atoms with van der Waals surface area (Å²) >= 11 is 5.82. The molecule has 2 heterocycles. The largest absolute Gasteiger partial charge is 0.243 e. The quantitative estimate of drug-likeness (QED) is 0.629. The van der Waals surface area contributed by atoms with Crippen molar-refractivity contribution in [1.82, 2.24) is 4.31 Å². The molecule has 1 saturated heterocycles. The van der Waals surface area contributed by atoms with Crippen molar-refractivity contribution in [3.05, 3.63) is 28.8 Å². The average molecular weight is 230 g/mol. The van der Waals surface area contributed by atoms with Crippen LogP contribution in [-0.2, 0) is 16.4 Å². The Morgan fingerprint density at radius 3 is 3.00 bits per heavy atom. The molecule has 3 nitrogen and oxygen atoms in total. The van der Waals surface area contributed by atoms with Gasteiger partial charge in [0.1, 0.15) is 0 Å². The summed E-state index contributed by atoms with van der Waals surface area (Å²) in [6.07, 6.45) is 0.801. The molecule has 0 aromatic heterocycles. The minimum absolute atomic E-state index is 0.186. The van der Waals surface area contributed by atoms with Gasteiger partial charge < -0.3 is 0 Å². The molecule has 1 aromatic rings. The molecular weight excluding hydrogens is 222 g/mol. The number of sulfonamides is 1. The van der Waals surface area contributed by atoms with Crippen LogP contribution in [-0.4, -0.2) is 25.3 Å². The molecule has 0 bridgehead atoms. The van der Waals surface area contributed by atoms with Gasteiger partial charge in [-0.3, -0.25) is 0 Å². The third-order valence-electron chi connectivity index (χ3n) is 2.73. The van der Waals surface area contributed by atoms with Crippen molar-refractivity contribution in [2.24, 2.45) is 0 Å². The molecule has 0 amide bonds. The first-order valence-corrected chi connectivity index (χ1v) is 6.21. The van der Waals surface area contributed by atoms with Gasteiger partial charge in [0.25, 0.3) is 0 Å². The summed E-state index contributed by atoms with van der Waals surface area (Å²) in [6.45, 7) is 0.661. The number of nitrogens with zero attached hydrogens (tertiary/aromatic N) is 1. The highest BCUT2D eigenvalue weighted by molar-refractivity contribution is 7.89. The maximum Gasteiger partial charge on any atom is 0.243 e. The molecule has 0 saturated carbocycles. The highest BCUT2D eigenvalue weighted by Gasteiger charge is 2.49. The summed E-state index contributed by atoms with van der Waals surface area (Å²) in [4.78, 5) is 0.427. The van der Waals surface area contributed by atoms with Crippen LogP contribution in [0.5, 0.6) is 0 Å². The SMILES string of the molecule is O=S1(=O)c2ccc(Cl)cc2CC2CN21. The third kappa shape index (κ3) is 1.05. The zero-order valence-corrected chi connectivity index (χ0v) is 8.85. The lowest BCUT2D eigenvalue weighted by molar-refractivity contribution is 0.541. The fourth-order valence-corrected chi connectivity index (χ4v) is 3.96. The molecule has 5 heteroatoms. The van der Waals surface area contributed by atoms with Gasteiger partial charge in [-0.15, -0.1) is 0 Å². The van der Waals surface area contributed by atoms with E-state index in [0.29, 0.717) is 16.5 Å². The van der Waals surface area contributed by atoms with E-state index in [0.717, 1.165) is 12.0 Å². The minimum atomic E-state index is -3.19. The molecule has 14 heavy (non-hydrogen) atoms. The van der Waals surface area contributed by atoms with E-state index in [2.05, 4.69) is 0 Å². The van der Waals surface area contributed by atoms with Crippen LogP contribution in [0.1, 0.15) is 5.56 Å². The molecule has 2 aliphatic rings. The lowest BCUT2D eigenvalue weighted by Crippen LogP contribution is -2.22. The molecule has 1 fully saturated rings. The van der Waals surface area contributed by atoms with Gasteiger partial charge in [0.2, 0.25) is 10.0 Å². The Bertz CT molecular complexity index is 512. The molecule has 0 spiro atoms. The van der Waals surface area contributed by atoms with Crippen LogP contribution in [0.2, 0.25) is 5.02 Å². The number of benzene rings is 1. The van der Waals surface area contributed by atoms with Gasteiger partial charge in [-0.2, -0.15) is 4.31 Å². The van der Waals surface area contributed by atoms with Gasteiger partial charge in [0.15, 0.2) is 0 Å². The molecule has 0 radical (unpaired) electrons. The Kier molecular flexibility index (Phi) is 1.56.